The number of hydrogen-bond donors (Lipinski definition) is 1. The van der Waals surface area contributed by atoms with Crippen LogP contribution in [0.5, 0.6) is 0 Å². The van der Waals surface area contributed by atoms with Crippen LogP contribution in [0.2, 0.25) is 5.02 Å². The van der Waals surface area contributed by atoms with Crippen molar-refractivity contribution < 1.29 is 18.1 Å². The number of thiazole rings is 1. The Bertz CT molecular complexity index is 1190. The average Bonchev–Trinajstić information content (AvgIpc) is 3.19. The molecule has 0 saturated carbocycles. The lowest BCUT2D eigenvalue weighted by Crippen LogP contribution is -2.08. The number of alkyl halides is 3. The monoisotopic (exact) mass is 450 g/mol. The summed E-state index contributed by atoms with van der Waals surface area (Å²) in [6.45, 7) is 0. The Labute approximate surface area is 177 Å². The van der Waals surface area contributed by atoms with Gasteiger partial charge < -0.3 is 5.32 Å². The number of hydrogen-bond acceptors (Lipinski definition) is 6. The van der Waals surface area contributed by atoms with Crippen molar-refractivity contribution in [1.29, 1.82) is 5.26 Å². The molecule has 2 aromatic carbocycles. The average molecular weight is 451 g/mol. The van der Waals surface area contributed by atoms with Crippen LogP contribution in [0.4, 0.5) is 24.5 Å². The van der Waals surface area contributed by atoms with Crippen molar-refractivity contribution in [2.24, 2.45) is 0 Å². The van der Waals surface area contributed by atoms with E-state index < -0.39 is 16.7 Å². The molecule has 0 radical (unpaired) electrons. The van der Waals surface area contributed by atoms with Gasteiger partial charge in [-0.25, -0.2) is 4.98 Å². The van der Waals surface area contributed by atoms with Crippen LogP contribution in [0.1, 0.15) is 10.6 Å². The van der Waals surface area contributed by atoms with E-state index in [1.54, 1.807) is 11.4 Å². The molecule has 0 spiro atoms. The predicted octanol–water partition coefficient (Wildman–Crippen LogP) is 6.37. The SMILES string of the molecule is N#CC(=CNc1ccc(Cl)cc1C(F)(F)F)c1nc(-c2cccc([N+](=O)[O-])c2)cs1. The van der Waals surface area contributed by atoms with Gasteiger partial charge >= 0.3 is 6.18 Å². The van der Waals surface area contributed by atoms with Gasteiger partial charge in [0.05, 0.1) is 21.9 Å². The van der Waals surface area contributed by atoms with E-state index in [0.29, 0.717) is 11.3 Å². The Morgan fingerprint density at radius 3 is 2.73 bits per heavy atom. The lowest BCUT2D eigenvalue weighted by Gasteiger charge is -2.13. The highest BCUT2D eigenvalue weighted by atomic mass is 35.5. The molecule has 0 fully saturated rings. The number of benzene rings is 2. The van der Waals surface area contributed by atoms with Crippen molar-refractivity contribution in [1.82, 2.24) is 4.98 Å². The van der Waals surface area contributed by atoms with E-state index in [1.165, 1.54) is 24.3 Å². The van der Waals surface area contributed by atoms with Gasteiger partial charge in [-0.3, -0.25) is 10.1 Å². The molecule has 0 atom stereocenters. The highest BCUT2D eigenvalue weighted by Crippen LogP contribution is 2.37. The maximum atomic E-state index is 13.2. The van der Waals surface area contributed by atoms with Crippen LogP contribution in [0.3, 0.4) is 0 Å². The predicted molar refractivity (Wildman–Crippen MR) is 108 cm³/mol. The van der Waals surface area contributed by atoms with Crippen LogP contribution in [-0.4, -0.2) is 9.91 Å². The molecule has 30 heavy (non-hydrogen) atoms. The molecule has 11 heteroatoms. The number of nitrogens with zero attached hydrogens (tertiary/aromatic N) is 3. The number of nitriles is 1. The van der Waals surface area contributed by atoms with Crippen LogP contribution in [0, 0.1) is 21.4 Å². The van der Waals surface area contributed by atoms with Crippen LogP contribution in [-0.2, 0) is 6.18 Å². The molecule has 0 bridgehead atoms. The third-order valence-electron chi connectivity index (χ3n) is 3.87. The van der Waals surface area contributed by atoms with Gasteiger partial charge in [-0.1, -0.05) is 23.7 Å². The molecule has 0 aliphatic heterocycles. The molecule has 1 N–H and O–H groups in total. The fourth-order valence-corrected chi connectivity index (χ4v) is 3.44. The fraction of sp³-hybridized carbons (Fsp3) is 0.0526. The summed E-state index contributed by atoms with van der Waals surface area (Å²) >= 11 is 6.74. The second kappa shape index (κ2) is 8.52. The number of nitrogens with one attached hydrogen (secondary N) is 1. The van der Waals surface area contributed by atoms with Gasteiger partial charge in [0, 0.05) is 34.3 Å². The van der Waals surface area contributed by atoms with E-state index in [4.69, 9.17) is 11.6 Å². The number of aromatic nitrogens is 1. The first-order valence-corrected chi connectivity index (χ1v) is 9.39. The summed E-state index contributed by atoms with van der Waals surface area (Å²) < 4.78 is 39.6. The minimum absolute atomic E-state index is 0.000227. The van der Waals surface area contributed by atoms with Crippen molar-refractivity contribution in [2.75, 3.05) is 5.32 Å². The quantitative estimate of drug-likeness (QED) is 0.277. The molecular formula is C19H10ClF3N4O2S. The molecule has 0 amide bonds. The van der Waals surface area contributed by atoms with E-state index in [-0.39, 0.29) is 27.0 Å². The Hall–Kier alpha value is -3.42. The molecule has 0 aliphatic rings. The molecule has 0 aliphatic carbocycles. The lowest BCUT2D eigenvalue weighted by atomic mass is 10.1. The minimum Gasteiger partial charge on any atom is -0.360 e. The topological polar surface area (TPSA) is 91.8 Å². The molecule has 3 rings (SSSR count). The first-order valence-electron chi connectivity index (χ1n) is 8.13. The summed E-state index contributed by atoms with van der Waals surface area (Å²) in [6, 6.07) is 10.9. The minimum atomic E-state index is -4.63. The number of anilines is 1. The maximum Gasteiger partial charge on any atom is 0.418 e. The molecule has 1 heterocycles. The Morgan fingerprint density at radius 1 is 1.30 bits per heavy atom. The van der Waals surface area contributed by atoms with E-state index in [0.717, 1.165) is 29.7 Å². The van der Waals surface area contributed by atoms with Crippen molar-refractivity contribution in [2.45, 2.75) is 6.18 Å². The van der Waals surface area contributed by atoms with E-state index in [1.807, 2.05) is 6.07 Å². The molecular weight excluding hydrogens is 441 g/mol. The highest BCUT2D eigenvalue weighted by Gasteiger charge is 2.33. The number of nitro groups is 1. The Balaban J connectivity index is 1.90. The van der Waals surface area contributed by atoms with E-state index in [2.05, 4.69) is 10.3 Å². The normalized spacial score (nSPS) is 11.8. The van der Waals surface area contributed by atoms with Crippen molar-refractivity contribution >= 4 is 39.9 Å². The first-order chi connectivity index (χ1) is 14.2. The molecule has 3 aromatic rings. The highest BCUT2D eigenvalue weighted by molar-refractivity contribution is 7.11. The summed E-state index contributed by atoms with van der Waals surface area (Å²) in [4.78, 5) is 14.7. The zero-order chi connectivity index (χ0) is 21.9. The number of allylic oxidation sites excluding steroid dienone is 1. The van der Waals surface area contributed by atoms with Gasteiger partial charge in [0.1, 0.15) is 16.6 Å². The smallest absolute Gasteiger partial charge is 0.360 e. The van der Waals surface area contributed by atoms with Gasteiger partial charge in [-0.2, -0.15) is 18.4 Å². The van der Waals surface area contributed by atoms with Gasteiger partial charge in [-0.15, -0.1) is 11.3 Å². The number of non-ortho nitro benzene ring substituents is 1. The number of rotatable bonds is 5. The van der Waals surface area contributed by atoms with Crippen LogP contribution in [0.15, 0.2) is 54.0 Å². The van der Waals surface area contributed by atoms with Crippen LogP contribution < -0.4 is 5.32 Å². The van der Waals surface area contributed by atoms with Gasteiger partial charge in [-0.05, 0) is 18.2 Å². The summed E-state index contributed by atoms with van der Waals surface area (Å²) in [6.07, 6.45) is -3.52. The van der Waals surface area contributed by atoms with Crippen molar-refractivity contribution in [3.8, 4) is 17.3 Å². The van der Waals surface area contributed by atoms with Crippen molar-refractivity contribution in [3.05, 3.63) is 79.8 Å². The van der Waals surface area contributed by atoms with E-state index >= 15 is 0 Å². The maximum absolute atomic E-state index is 13.2. The van der Waals surface area contributed by atoms with Gasteiger partial charge in [0.25, 0.3) is 5.69 Å². The largest absolute Gasteiger partial charge is 0.418 e. The Morgan fingerprint density at radius 2 is 2.07 bits per heavy atom. The Kier molecular flexibility index (Phi) is 6.05. The second-order valence-electron chi connectivity index (χ2n) is 5.85. The summed E-state index contributed by atoms with van der Waals surface area (Å²) in [5.74, 6) is 0. The number of halogens is 4. The third-order valence-corrected chi connectivity index (χ3v) is 4.98. The molecule has 0 unspecified atom stereocenters. The lowest BCUT2D eigenvalue weighted by molar-refractivity contribution is -0.384. The van der Waals surface area contributed by atoms with E-state index in [9.17, 15) is 28.5 Å². The third kappa shape index (κ3) is 4.76. The van der Waals surface area contributed by atoms with Gasteiger partial charge in [0.15, 0.2) is 0 Å². The second-order valence-corrected chi connectivity index (χ2v) is 7.14. The molecule has 0 saturated heterocycles. The fourth-order valence-electron chi connectivity index (χ4n) is 2.48. The zero-order valence-corrected chi connectivity index (χ0v) is 16.3. The summed E-state index contributed by atoms with van der Waals surface area (Å²) in [5.41, 5.74) is -0.464. The standard InChI is InChI=1S/C19H10ClF3N4O2S/c20-13-4-5-16(15(7-13)19(21,22)23)25-9-12(8-24)18-26-17(10-30-18)11-2-1-3-14(6-11)27(28)29/h1-7,9-10,25H. The van der Waals surface area contributed by atoms with Crippen LogP contribution >= 0.6 is 22.9 Å². The first kappa shape index (κ1) is 21.3. The molecule has 1 aromatic heterocycles. The van der Waals surface area contributed by atoms with Crippen molar-refractivity contribution in [3.63, 3.8) is 0 Å². The molecule has 152 valence electrons. The summed E-state index contributed by atoms with van der Waals surface area (Å²) in [5, 5.41) is 24.6. The number of nitro benzene ring substituents is 1. The van der Waals surface area contributed by atoms with Crippen LogP contribution in [0.25, 0.3) is 16.8 Å². The summed E-state index contributed by atoms with van der Waals surface area (Å²) in [7, 11) is 0. The van der Waals surface area contributed by atoms with Gasteiger partial charge in [0.2, 0.25) is 0 Å². The molecule has 6 nitrogen and oxygen atoms in total. The zero-order valence-electron chi connectivity index (χ0n) is 14.8.